The summed E-state index contributed by atoms with van der Waals surface area (Å²) in [6.07, 6.45) is 2.08. The van der Waals surface area contributed by atoms with E-state index >= 15 is 0 Å². The summed E-state index contributed by atoms with van der Waals surface area (Å²) in [5, 5.41) is 8.83. The fourth-order valence-corrected chi connectivity index (χ4v) is 2.63. The maximum Gasteiger partial charge on any atom is 0.175 e. The van der Waals surface area contributed by atoms with Gasteiger partial charge in [0.25, 0.3) is 0 Å². The summed E-state index contributed by atoms with van der Waals surface area (Å²) in [6.45, 7) is 1.59. The van der Waals surface area contributed by atoms with Crippen molar-refractivity contribution < 1.29 is 8.42 Å². The zero-order chi connectivity index (χ0) is 12.5. The second kappa shape index (κ2) is 4.38. The summed E-state index contributed by atoms with van der Waals surface area (Å²) in [6, 6.07) is 9.10. The van der Waals surface area contributed by atoms with Crippen LogP contribution in [0, 0.1) is 17.2 Å². The molecule has 0 aliphatic carbocycles. The molecular formula is C12H14N2O2S. The van der Waals surface area contributed by atoms with Gasteiger partial charge in [0, 0.05) is 25.0 Å². The first kappa shape index (κ1) is 11.9. The normalized spacial score (nSPS) is 20.2. The van der Waals surface area contributed by atoms with Gasteiger partial charge in [-0.2, -0.15) is 5.26 Å². The van der Waals surface area contributed by atoms with Gasteiger partial charge in [0.05, 0.1) is 16.9 Å². The zero-order valence-corrected chi connectivity index (χ0v) is 10.4. The Bertz CT molecular complexity index is 543. The van der Waals surface area contributed by atoms with E-state index in [0.29, 0.717) is 4.90 Å². The van der Waals surface area contributed by atoms with Gasteiger partial charge in [0.15, 0.2) is 9.84 Å². The van der Waals surface area contributed by atoms with Crippen LogP contribution in [0.1, 0.15) is 6.42 Å². The van der Waals surface area contributed by atoms with Gasteiger partial charge in [-0.15, -0.1) is 0 Å². The smallest absolute Gasteiger partial charge is 0.175 e. The van der Waals surface area contributed by atoms with Crippen molar-refractivity contribution in [1.29, 1.82) is 5.26 Å². The molecule has 1 fully saturated rings. The second-order valence-electron chi connectivity index (χ2n) is 4.33. The number of rotatable bonds is 2. The maximum atomic E-state index is 11.3. The van der Waals surface area contributed by atoms with Crippen LogP contribution in [0.3, 0.4) is 0 Å². The lowest BCUT2D eigenvalue weighted by molar-refractivity contribution is 0.602. The van der Waals surface area contributed by atoms with Crippen LogP contribution >= 0.6 is 0 Å². The molecule has 90 valence electrons. The quantitative estimate of drug-likeness (QED) is 0.797. The number of nitrogens with zero attached hydrogens (tertiary/aromatic N) is 2. The fraction of sp³-hybridized carbons (Fsp3) is 0.417. The Morgan fingerprint density at radius 2 is 2.00 bits per heavy atom. The molecule has 1 heterocycles. The molecule has 0 radical (unpaired) electrons. The molecule has 0 spiro atoms. The Hall–Kier alpha value is -1.54. The molecule has 1 aromatic carbocycles. The highest BCUT2D eigenvalue weighted by Gasteiger charge is 2.22. The standard InChI is InChI=1S/C12H14N2O2S/c1-17(15,16)12-4-2-11(3-5-12)14-7-6-10(8-13)9-14/h2-5,10H,6-7,9H2,1H3. The lowest BCUT2D eigenvalue weighted by Gasteiger charge is -2.17. The lowest BCUT2D eigenvalue weighted by atomic mass is 10.1. The third kappa shape index (κ3) is 2.59. The number of anilines is 1. The molecule has 1 unspecified atom stereocenters. The molecule has 1 aliphatic rings. The van der Waals surface area contributed by atoms with Crippen LogP contribution in [0.4, 0.5) is 5.69 Å². The molecule has 0 saturated carbocycles. The zero-order valence-electron chi connectivity index (χ0n) is 9.63. The minimum absolute atomic E-state index is 0.0876. The molecule has 4 nitrogen and oxygen atoms in total. The van der Waals surface area contributed by atoms with Crippen LogP contribution < -0.4 is 4.90 Å². The summed E-state index contributed by atoms with van der Waals surface area (Å²) < 4.78 is 22.6. The van der Waals surface area contributed by atoms with Gasteiger partial charge in [-0.05, 0) is 30.7 Å². The van der Waals surface area contributed by atoms with Crippen LogP contribution in [-0.2, 0) is 9.84 Å². The van der Waals surface area contributed by atoms with Gasteiger partial charge in [0.1, 0.15) is 0 Å². The van der Waals surface area contributed by atoms with E-state index in [-0.39, 0.29) is 5.92 Å². The monoisotopic (exact) mass is 250 g/mol. The minimum Gasteiger partial charge on any atom is -0.370 e. The molecule has 1 saturated heterocycles. The van der Waals surface area contributed by atoms with E-state index in [9.17, 15) is 8.42 Å². The Labute approximate surface area is 101 Å². The Morgan fingerprint density at radius 3 is 2.47 bits per heavy atom. The van der Waals surface area contributed by atoms with Crippen molar-refractivity contribution in [1.82, 2.24) is 0 Å². The van der Waals surface area contributed by atoms with Gasteiger partial charge < -0.3 is 4.90 Å². The first-order valence-electron chi connectivity index (χ1n) is 5.45. The van der Waals surface area contributed by atoms with Crippen LogP contribution in [-0.4, -0.2) is 27.8 Å². The van der Waals surface area contributed by atoms with Gasteiger partial charge in [-0.1, -0.05) is 0 Å². The number of sulfone groups is 1. The van der Waals surface area contributed by atoms with Crippen molar-refractivity contribution in [2.75, 3.05) is 24.2 Å². The van der Waals surface area contributed by atoms with Crippen molar-refractivity contribution in [2.24, 2.45) is 5.92 Å². The highest BCUT2D eigenvalue weighted by Crippen LogP contribution is 2.24. The molecule has 1 aliphatic heterocycles. The largest absolute Gasteiger partial charge is 0.370 e. The molecule has 2 rings (SSSR count). The first-order chi connectivity index (χ1) is 8.00. The highest BCUT2D eigenvalue weighted by molar-refractivity contribution is 7.90. The van der Waals surface area contributed by atoms with Crippen LogP contribution in [0.5, 0.6) is 0 Å². The SMILES string of the molecule is CS(=O)(=O)c1ccc(N2CCC(C#N)C2)cc1. The average molecular weight is 250 g/mol. The summed E-state index contributed by atoms with van der Waals surface area (Å²) >= 11 is 0. The van der Waals surface area contributed by atoms with Crippen LogP contribution in [0.25, 0.3) is 0 Å². The average Bonchev–Trinajstić information content (AvgIpc) is 2.76. The van der Waals surface area contributed by atoms with Crippen molar-refractivity contribution in [2.45, 2.75) is 11.3 Å². The van der Waals surface area contributed by atoms with Crippen molar-refractivity contribution in [3.8, 4) is 6.07 Å². The molecule has 0 N–H and O–H groups in total. The van der Waals surface area contributed by atoms with Gasteiger partial charge in [-0.25, -0.2) is 8.42 Å². The van der Waals surface area contributed by atoms with E-state index in [1.807, 2.05) is 0 Å². The van der Waals surface area contributed by atoms with Crippen LogP contribution in [0.2, 0.25) is 0 Å². The fourth-order valence-electron chi connectivity index (χ4n) is 2.00. The molecular weight excluding hydrogens is 236 g/mol. The van der Waals surface area contributed by atoms with Crippen LogP contribution in [0.15, 0.2) is 29.2 Å². The van der Waals surface area contributed by atoms with E-state index in [1.165, 1.54) is 6.26 Å². The Kier molecular flexibility index (Phi) is 3.07. The van der Waals surface area contributed by atoms with E-state index in [4.69, 9.17) is 5.26 Å². The lowest BCUT2D eigenvalue weighted by Crippen LogP contribution is -2.19. The first-order valence-corrected chi connectivity index (χ1v) is 7.34. The van der Waals surface area contributed by atoms with Gasteiger partial charge in [-0.3, -0.25) is 0 Å². The summed E-state index contributed by atoms with van der Waals surface area (Å²) in [5.74, 6) is 0.0876. The van der Waals surface area contributed by atoms with Crippen molar-refractivity contribution in [3.63, 3.8) is 0 Å². The van der Waals surface area contributed by atoms with E-state index in [1.54, 1.807) is 24.3 Å². The topological polar surface area (TPSA) is 61.2 Å². The molecule has 17 heavy (non-hydrogen) atoms. The third-order valence-corrected chi connectivity index (χ3v) is 4.13. The van der Waals surface area contributed by atoms with Crippen molar-refractivity contribution in [3.05, 3.63) is 24.3 Å². The number of hydrogen-bond acceptors (Lipinski definition) is 4. The molecule has 0 amide bonds. The number of benzene rings is 1. The van der Waals surface area contributed by atoms with E-state index in [2.05, 4.69) is 11.0 Å². The predicted octanol–water partition coefficient (Wildman–Crippen LogP) is 1.44. The summed E-state index contributed by atoms with van der Waals surface area (Å²) in [7, 11) is -3.13. The van der Waals surface area contributed by atoms with Gasteiger partial charge in [0.2, 0.25) is 0 Å². The number of nitriles is 1. The van der Waals surface area contributed by atoms with E-state index in [0.717, 1.165) is 25.2 Å². The molecule has 1 atom stereocenters. The summed E-state index contributed by atoms with van der Waals surface area (Å²) in [5.41, 5.74) is 0.982. The van der Waals surface area contributed by atoms with E-state index < -0.39 is 9.84 Å². The number of hydrogen-bond donors (Lipinski definition) is 0. The molecule has 0 bridgehead atoms. The maximum absolute atomic E-state index is 11.3. The molecule has 5 heteroatoms. The molecule has 1 aromatic rings. The Balaban J connectivity index is 2.18. The van der Waals surface area contributed by atoms with Crippen molar-refractivity contribution >= 4 is 15.5 Å². The predicted molar refractivity (Wildman–Crippen MR) is 65.5 cm³/mol. The minimum atomic E-state index is -3.13. The summed E-state index contributed by atoms with van der Waals surface area (Å²) in [4.78, 5) is 2.44. The van der Waals surface area contributed by atoms with Gasteiger partial charge >= 0.3 is 0 Å². The second-order valence-corrected chi connectivity index (χ2v) is 6.34. The Morgan fingerprint density at radius 1 is 1.35 bits per heavy atom. The highest BCUT2D eigenvalue weighted by atomic mass is 32.2. The third-order valence-electron chi connectivity index (χ3n) is 3.00. The molecule has 0 aromatic heterocycles.